The Morgan fingerprint density at radius 1 is 1.19 bits per heavy atom. The van der Waals surface area contributed by atoms with E-state index in [2.05, 4.69) is 26.6 Å². The molecule has 0 unspecified atom stereocenters. The van der Waals surface area contributed by atoms with Crippen molar-refractivity contribution < 1.29 is 9.59 Å². The second-order valence-corrected chi connectivity index (χ2v) is 7.42. The van der Waals surface area contributed by atoms with Gasteiger partial charge in [-0.15, -0.1) is 0 Å². The van der Waals surface area contributed by atoms with E-state index < -0.39 is 0 Å². The lowest BCUT2D eigenvalue weighted by atomic mass is 10.0. The molecule has 0 bridgehead atoms. The Hall–Kier alpha value is -2.34. The Morgan fingerprint density at radius 2 is 1.93 bits per heavy atom. The average Bonchev–Trinajstić information content (AvgIpc) is 2.97. The van der Waals surface area contributed by atoms with Crippen LogP contribution >= 0.6 is 0 Å². The number of piperidine rings is 1. The number of benzene rings is 1. The summed E-state index contributed by atoms with van der Waals surface area (Å²) in [7, 11) is 0. The Balaban J connectivity index is 1.47. The fraction of sp³-hybridized carbons (Fsp3) is 0.524. The minimum atomic E-state index is 0.0713. The molecule has 0 radical (unpaired) electrons. The molecule has 1 fully saturated rings. The van der Waals surface area contributed by atoms with Crippen molar-refractivity contribution >= 4 is 22.7 Å². The lowest BCUT2D eigenvalue weighted by Gasteiger charge is -2.31. The molecule has 1 aromatic carbocycles. The lowest BCUT2D eigenvalue weighted by molar-refractivity contribution is -0.124. The average molecular weight is 370 g/mol. The van der Waals surface area contributed by atoms with Crippen LogP contribution in [0.1, 0.15) is 37.4 Å². The van der Waals surface area contributed by atoms with Crippen molar-refractivity contribution in [3.8, 4) is 0 Å². The van der Waals surface area contributed by atoms with E-state index in [0.29, 0.717) is 13.0 Å². The van der Waals surface area contributed by atoms with Gasteiger partial charge >= 0.3 is 0 Å². The van der Waals surface area contributed by atoms with Gasteiger partial charge in [-0.05, 0) is 37.8 Å². The second-order valence-electron chi connectivity index (χ2n) is 7.42. The number of rotatable bonds is 7. The summed E-state index contributed by atoms with van der Waals surface area (Å²) in [6, 6.07) is 8.29. The van der Waals surface area contributed by atoms with Crippen LogP contribution in [0.5, 0.6) is 0 Å². The summed E-state index contributed by atoms with van der Waals surface area (Å²) >= 11 is 0. The van der Waals surface area contributed by atoms with E-state index >= 15 is 0 Å². The van der Waals surface area contributed by atoms with Crippen LogP contribution in [0.25, 0.3) is 10.9 Å². The Morgan fingerprint density at radius 3 is 2.67 bits per heavy atom. The molecule has 3 rings (SSSR count). The van der Waals surface area contributed by atoms with E-state index in [1.807, 2.05) is 32.0 Å². The first kappa shape index (κ1) is 19.4. The Kier molecular flexibility index (Phi) is 6.50. The number of aryl methyl sites for hydroxylation is 1. The fourth-order valence-electron chi connectivity index (χ4n) is 3.76. The maximum atomic E-state index is 12.5. The summed E-state index contributed by atoms with van der Waals surface area (Å²) in [5.74, 6) is 0.163. The summed E-state index contributed by atoms with van der Waals surface area (Å²) in [6.45, 7) is 6.94. The summed E-state index contributed by atoms with van der Waals surface area (Å²) < 4.78 is 0. The van der Waals surface area contributed by atoms with Gasteiger partial charge in [0.2, 0.25) is 11.8 Å². The molecule has 1 saturated heterocycles. The van der Waals surface area contributed by atoms with Gasteiger partial charge in [-0.2, -0.15) is 0 Å². The van der Waals surface area contributed by atoms with Crippen LogP contribution in [0.4, 0.5) is 0 Å². The van der Waals surface area contributed by atoms with E-state index in [4.69, 9.17) is 0 Å². The van der Waals surface area contributed by atoms with Crippen LogP contribution in [0.2, 0.25) is 0 Å². The summed E-state index contributed by atoms with van der Waals surface area (Å²) in [4.78, 5) is 29.9. The van der Waals surface area contributed by atoms with Crippen LogP contribution in [-0.2, 0) is 16.0 Å². The lowest BCUT2D eigenvalue weighted by Crippen LogP contribution is -2.47. The summed E-state index contributed by atoms with van der Waals surface area (Å²) in [6.07, 6.45) is 3.13. The number of amides is 2. The van der Waals surface area contributed by atoms with Gasteiger partial charge in [-0.3, -0.25) is 14.5 Å². The van der Waals surface area contributed by atoms with E-state index in [-0.39, 0.29) is 17.9 Å². The first-order valence-corrected chi connectivity index (χ1v) is 9.91. The van der Waals surface area contributed by atoms with Crippen molar-refractivity contribution in [2.75, 3.05) is 26.2 Å². The van der Waals surface area contributed by atoms with Crippen molar-refractivity contribution in [3.63, 3.8) is 0 Å². The van der Waals surface area contributed by atoms with Crippen LogP contribution in [0.3, 0.4) is 0 Å². The van der Waals surface area contributed by atoms with E-state index in [9.17, 15) is 9.59 Å². The molecule has 0 aliphatic carbocycles. The first-order chi connectivity index (χ1) is 13.1. The number of para-hydroxylation sites is 1. The highest BCUT2D eigenvalue weighted by molar-refractivity contribution is 5.90. The summed E-state index contributed by atoms with van der Waals surface area (Å²) in [5.41, 5.74) is 3.21. The normalized spacial score (nSPS) is 15.8. The number of carbonyl (C=O) groups is 2. The van der Waals surface area contributed by atoms with E-state index in [1.54, 1.807) is 0 Å². The number of hydrogen-bond acceptors (Lipinski definition) is 3. The van der Waals surface area contributed by atoms with Crippen LogP contribution in [-0.4, -0.2) is 53.9 Å². The molecule has 3 N–H and O–H groups in total. The number of H-pyrrole nitrogens is 1. The van der Waals surface area contributed by atoms with E-state index in [1.165, 1.54) is 0 Å². The molecule has 27 heavy (non-hydrogen) atoms. The zero-order valence-corrected chi connectivity index (χ0v) is 16.3. The highest BCUT2D eigenvalue weighted by Crippen LogP contribution is 2.22. The predicted octanol–water partition coefficient (Wildman–Crippen LogP) is 2.13. The molecule has 1 aromatic heterocycles. The third-order valence-electron chi connectivity index (χ3n) is 5.26. The monoisotopic (exact) mass is 370 g/mol. The molecular formula is C21H30N4O2. The molecule has 1 aliphatic rings. The van der Waals surface area contributed by atoms with Gasteiger partial charge in [0, 0.05) is 42.3 Å². The number of hydrogen-bond donors (Lipinski definition) is 3. The number of aromatic nitrogens is 1. The molecule has 146 valence electrons. The van der Waals surface area contributed by atoms with Crippen LogP contribution in [0, 0.1) is 6.92 Å². The molecular weight excluding hydrogens is 340 g/mol. The van der Waals surface area contributed by atoms with Crippen molar-refractivity contribution in [2.45, 2.75) is 45.6 Å². The number of fused-ring (bicyclic) bond motifs is 1. The van der Waals surface area contributed by atoms with Crippen molar-refractivity contribution in [1.82, 2.24) is 20.5 Å². The van der Waals surface area contributed by atoms with Gasteiger partial charge in [-0.1, -0.05) is 25.1 Å². The molecule has 2 heterocycles. The molecule has 0 spiro atoms. The Bertz CT molecular complexity index is 791. The number of aromatic amines is 1. The number of nitrogens with one attached hydrogen (secondary N) is 3. The minimum Gasteiger partial charge on any atom is -0.358 e. The SMILES string of the molecule is CCCNC(=O)CN1CCC(NC(=O)Cc2c(C)[nH]c3ccccc23)CC1. The first-order valence-electron chi connectivity index (χ1n) is 9.91. The largest absolute Gasteiger partial charge is 0.358 e. The number of nitrogens with zero attached hydrogens (tertiary/aromatic N) is 1. The standard InChI is InChI=1S/C21H30N4O2/c1-3-10-22-21(27)14-25-11-8-16(9-12-25)24-20(26)13-18-15(2)23-19-7-5-4-6-17(18)19/h4-7,16,23H,3,8-14H2,1-2H3,(H,22,27)(H,24,26). The third-order valence-corrected chi connectivity index (χ3v) is 5.26. The molecule has 0 atom stereocenters. The predicted molar refractivity (Wildman–Crippen MR) is 108 cm³/mol. The fourth-order valence-corrected chi connectivity index (χ4v) is 3.76. The number of carbonyl (C=O) groups excluding carboxylic acids is 2. The third kappa shape index (κ3) is 5.10. The Labute approximate surface area is 160 Å². The highest BCUT2D eigenvalue weighted by Gasteiger charge is 2.22. The molecule has 1 aliphatic heterocycles. The van der Waals surface area contributed by atoms with Gasteiger partial charge in [0.15, 0.2) is 0 Å². The quantitative estimate of drug-likeness (QED) is 0.699. The zero-order valence-electron chi connectivity index (χ0n) is 16.3. The maximum Gasteiger partial charge on any atom is 0.234 e. The zero-order chi connectivity index (χ0) is 19.2. The summed E-state index contributed by atoms with van der Waals surface area (Å²) in [5, 5.41) is 7.21. The van der Waals surface area contributed by atoms with Crippen molar-refractivity contribution in [1.29, 1.82) is 0 Å². The molecule has 2 aromatic rings. The van der Waals surface area contributed by atoms with Gasteiger partial charge < -0.3 is 15.6 Å². The highest BCUT2D eigenvalue weighted by atomic mass is 16.2. The van der Waals surface area contributed by atoms with Gasteiger partial charge in [0.05, 0.1) is 13.0 Å². The molecule has 6 heteroatoms. The van der Waals surface area contributed by atoms with Gasteiger partial charge in [-0.25, -0.2) is 0 Å². The number of likely N-dealkylation sites (tertiary alicyclic amines) is 1. The van der Waals surface area contributed by atoms with Crippen LogP contribution in [0.15, 0.2) is 24.3 Å². The topological polar surface area (TPSA) is 77.2 Å². The minimum absolute atomic E-state index is 0.0713. The van der Waals surface area contributed by atoms with Gasteiger partial charge in [0.25, 0.3) is 0 Å². The molecule has 2 amide bonds. The molecule has 0 saturated carbocycles. The second kappa shape index (κ2) is 9.04. The van der Waals surface area contributed by atoms with Crippen molar-refractivity contribution in [2.24, 2.45) is 0 Å². The van der Waals surface area contributed by atoms with Crippen LogP contribution < -0.4 is 10.6 Å². The van der Waals surface area contributed by atoms with E-state index in [0.717, 1.165) is 61.1 Å². The van der Waals surface area contributed by atoms with Crippen molar-refractivity contribution in [3.05, 3.63) is 35.5 Å². The smallest absolute Gasteiger partial charge is 0.234 e. The molecule has 6 nitrogen and oxygen atoms in total. The maximum absolute atomic E-state index is 12.5. The van der Waals surface area contributed by atoms with Gasteiger partial charge in [0.1, 0.15) is 0 Å².